The summed E-state index contributed by atoms with van der Waals surface area (Å²) < 4.78 is 31.8. The van der Waals surface area contributed by atoms with Gasteiger partial charge in [-0.3, -0.25) is 0 Å². The Morgan fingerprint density at radius 1 is 0.667 bits per heavy atom. The zero-order valence-corrected chi connectivity index (χ0v) is 17.4. The van der Waals surface area contributed by atoms with Crippen LogP contribution in [0.5, 0.6) is 0 Å². The second kappa shape index (κ2) is 17.9. The molecule has 0 radical (unpaired) electrons. The fourth-order valence-corrected chi connectivity index (χ4v) is 2.43. The van der Waals surface area contributed by atoms with Crippen LogP contribution >= 0.6 is 0 Å². The van der Waals surface area contributed by atoms with Crippen molar-refractivity contribution < 1.29 is 47.9 Å². The molecule has 0 aliphatic carbocycles. The number of hydrogen-bond donors (Lipinski definition) is 4. The van der Waals surface area contributed by atoms with Crippen LogP contribution in [0.2, 0.25) is 5.54 Å². The second-order valence-electron chi connectivity index (χ2n) is 5.98. The monoisotopic (exact) mass is 416 g/mol. The molecule has 0 aliphatic heterocycles. The van der Waals surface area contributed by atoms with E-state index in [1.807, 2.05) is 0 Å². The molecule has 10 nitrogen and oxygen atoms in total. The lowest BCUT2D eigenvalue weighted by molar-refractivity contribution is -0.0827. The van der Waals surface area contributed by atoms with E-state index in [9.17, 15) is 9.59 Å². The summed E-state index contributed by atoms with van der Waals surface area (Å²) in [4.78, 5) is 19.3. The van der Waals surface area contributed by atoms with Crippen LogP contribution < -0.4 is 0 Å². The van der Waals surface area contributed by atoms with Crippen molar-refractivity contribution in [1.82, 2.24) is 0 Å². The van der Waals surface area contributed by atoms with Gasteiger partial charge in [-0.2, -0.15) is 0 Å². The van der Waals surface area contributed by atoms with E-state index in [-0.39, 0.29) is 57.9 Å². The molecule has 0 fully saturated rings. The van der Waals surface area contributed by atoms with Gasteiger partial charge in [-0.05, 0) is 0 Å². The SMILES string of the molecule is CC(C)[Si](O)(O)OCCOCCOC(COCCO)COCCOCCO. The summed E-state index contributed by atoms with van der Waals surface area (Å²) in [6.45, 7) is 6.08. The van der Waals surface area contributed by atoms with E-state index >= 15 is 0 Å². The van der Waals surface area contributed by atoms with Crippen molar-refractivity contribution in [1.29, 1.82) is 0 Å². The van der Waals surface area contributed by atoms with Gasteiger partial charge < -0.3 is 47.9 Å². The maximum atomic E-state index is 9.65. The molecule has 0 rings (SSSR count). The Morgan fingerprint density at radius 3 is 1.78 bits per heavy atom. The first kappa shape index (κ1) is 26.8. The smallest absolute Gasteiger partial charge is 0.394 e. The second-order valence-corrected chi connectivity index (χ2v) is 8.74. The quantitative estimate of drug-likeness (QED) is 0.141. The molecule has 27 heavy (non-hydrogen) atoms. The molecule has 0 bridgehead atoms. The molecule has 0 heterocycles. The standard InChI is InChI=1S/C16H36O10Si/c1-15(2)27(19,20)26-12-10-22-9-11-25-16(13-23-6-4-18)14-24-8-7-21-5-3-17/h15-20H,3-14H2,1-2H3. The third-order valence-electron chi connectivity index (χ3n) is 3.33. The Balaban J connectivity index is 3.80. The normalized spacial score (nSPS) is 13.4. The van der Waals surface area contributed by atoms with Crippen molar-refractivity contribution in [3.05, 3.63) is 0 Å². The first-order valence-corrected chi connectivity index (χ1v) is 11.0. The molecule has 0 aliphatic rings. The van der Waals surface area contributed by atoms with Crippen LogP contribution in [-0.2, 0) is 28.1 Å². The van der Waals surface area contributed by atoms with Gasteiger partial charge in [-0.25, -0.2) is 0 Å². The van der Waals surface area contributed by atoms with Gasteiger partial charge in [0.25, 0.3) is 0 Å². The molecule has 11 heteroatoms. The summed E-state index contributed by atoms with van der Waals surface area (Å²) in [5.41, 5.74) is -0.311. The Morgan fingerprint density at radius 2 is 1.15 bits per heavy atom. The van der Waals surface area contributed by atoms with E-state index in [1.165, 1.54) is 0 Å². The highest BCUT2D eigenvalue weighted by atomic mass is 28.4. The molecule has 0 spiro atoms. The number of aliphatic hydroxyl groups excluding tert-OH is 2. The van der Waals surface area contributed by atoms with Gasteiger partial charge in [-0.15, -0.1) is 0 Å². The summed E-state index contributed by atoms with van der Waals surface area (Å²) in [6, 6.07) is 0. The molecule has 0 aromatic rings. The minimum absolute atomic E-state index is 0.0248. The summed E-state index contributed by atoms with van der Waals surface area (Å²) in [6.07, 6.45) is -0.315. The topological polar surface area (TPSA) is 136 Å². The molecule has 1 unspecified atom stereocenters. The van der Waals surface area contributed by atoms with Crippen LogP contribution in [0.4, 0.5) is 0 Å². The Hall–Kier alpha value is -0.183. The largest absolute Gasteiger partial charge is 0.498 e. The van der Waals surface area contributed by atoms with Gasteiger partial charge >= 0.3 is 8.80 Å². The van der Waals surface area contributed by atoms with Crippen molar-refractivity contribution in [3.63, 3.8) is 0 Å². The van der Waals surface area contributed by atoms with Gasteiger partial charge in [0.05, 0.1) is 79.3 Å². The van der Waals surface area contributed by atoms with Gasteiger partial charge in [-0.1, -0.05) is 13.8 Å². The third kappa shape index (κ3) is 16.5. The number of aliphatic hydroxyl groups is 2. The number of ether oxygens (including phenoxy) is 5. The molecule has 0 saturated heterocycles. The van der Waals surface area contributed by atoms with Crippen molar-refractivity contribution in [2.75, 3.05) is 79.3 Å². The fourth-order valence-electron chi connectivity index (χ4n) is 1.72. The minimum atomic E-state index is -3.60. The molecule has 1 atom stereocenters. The Bertz CT molecular complexity index is 320. The number of hydrogen-bond acceptors (Lipinski definition) is 10. The van der Waals surface area contributed by atoms with Crippen molar-refractivity contribution in [2.45, 2.75) is 25.5 Å². The Kier molecular flexibility index (Phi) is 17.8. The van der Waals surface area contributed by atoms with Gasteiger partial charge in [0.15, 0.2) is 0 Å². The van der Waals surface area contributed by atoms with Crippen molar-refractivity contribution in [3.8, 4) is 0 Å². The summed E-state index contributed by atoms with van der Waals surface area (Å²) in [5, 5.41) is 17.4. The van der Waals surface area contributed by atoms with E-state index in [0.29, 0.717) is 33.0 Å². The maximum absolute atomic E-state index is 9.65. The predicted octanol–water partition coefficient (Wildman–Crippen LogP) is -1.23. The van der Waals surface area contributed by atoms with Crippen LogP contribution in [0.25, 0.3) is 0 Å². The first-order valence-electron chi connectivity index (χ1n) is 9.17. The molecular weight excluding hydrogens is 380 g/mol. The molecule has 0 amide bonds. The van der Waals surface area contributed by atoms with E-state index < -0.39 is 8.80 Å². The highest BCUT2D eigenvalue weighted by Crippen LogP contribution is 2.14. The summed E-state index contributed by atoms with van der Waals surface area (Å²) in [7, 11) is -3.60. The summed E-state index contributed by atoms with van der Waals surface area (Å²) in [5.74, 6) is 0. The first-order chi connectivity index (χ1) is 12.9. The van der Waals surface area contributed by atoms with Crippen LogP contribution in [0.3, 0.4) is 0 Å². The van der Waals surface area contributed by atoms with Crippen LogP contribution in [-0.4, -0.2) is 114 Å². The van der Waals surface area contributed by atoms with Gasteiger partial charge in [0, 0.05) is 5.54 Å². The van der Waals surface area contributed by atoms with Gasteiger partial charge in [0.2, 0.25) is 0 Å². The average molecular weight is 417 g/mol. The van der Waals surface area contributed by atoms with E-state index in [1.54, 1.807) is 13.8 Å². The van der Waals surface area contributed by atoms with Gasteiger partial charge in [0.1, 0.15) is 6.10 Å². The molecule has 0 saturated carbocycles. The lowest BCUT2D eigenvalue weighted by Gasteiger charge is -2.21. The highest BCUT2D eigenvalue weighted by Gasteiger charge is 2.36. The van der Waals surface area contributed by atoms with Crippen molar-refractivity contribution in [2.24, 2.45) is 0 Å². The number of rotatable bonds is 20. The van der Waals surface area contributed by atoms with E-state index in [4.69, 9.17) is 38.3 Å². The van der Waals surface area contributed by atoms with E-state index in [2.05, 4.69) is 0 Å². The van der Waals surface area contributed by atoms with Crippen LogP contribution in [0.1, 0.15) is 13.8 Å². The zero-order chi connectivity index (χ0) is 20.4. The third-order valence-corrected chi connectivity index (χ3v) is 5.46. The van der Waals surface area contributed by atoms with Crippen LogP contribution in [0, 0.1) is 0 Å². The summed E-state index contributed by atoms with van der Waals surface area (Å²) >= 11 is 0. The van der Waals surface area contributed by atoms with Crippen LogP contribution in [0.15, 0.2) is 0 Å². The lowest BCUT2D eigenvalue weighted by Crippen LogP contribution is -2.43. The minimum Gasteiger partial charge on any atom is -0.394 e. The molecule has 4 N–H and O–H groups in total. The average Bonchev–Trinajstić information content (AvgIpc) is 2.63. The highest BCUT2D eigenvalue weighted by molar-refractivity contribution is 6.59. The maximum Gasteiger partial charge on any atom is 0.498 e. The fraction of sp³-hybridized carbons (Fsp3) is 1.00. The predicted molar refractivity (Wildman–Crippen MR) is 98.4 cm³/mol. The van der Waals surface area contributed by atoms with E-state index in [0.717, 1.165) is 0 Å². The lowest BCUT2D eigenvalue weighted by atomic mass is 10.4. The molecular formula is C16H36O10Si. The molecule has 0 aromatic carbocycles. The van der Waals surface area contributed by atoms with Crippen molar-refractivity contribution >= 4 is 8.80 Å². The molecule has 164 valence electrons. The Labute approximate surface area is 162 Å². The molecule has 0 aromatic heterocycles. The zero-order valence-electron chi connectivity index (χ0n) is 16.4.